The second kappa shape index (κ2) is 3.39. The van der Waals surface area contributed by atoms with E-state index in [-0.39, 0.29) is 5.97 Å². The van der Waals surface area contributed by atoms with Crippen LogP contribution in [0.5, 0.6) is 5.75 Å². The minimum absolute atomic E-state index is 0.306. The van der Waals surface area contributed by atoms with E-state index in [0.717, 1.165) is 11.1 Å². The third-order valence-corrected chi connectivity index (χ3v) is 1.73. The number of esters is 1. The van der Waals surface area contributed by atoms with Crippen molar-refractivity contribution in [2.75, 3.05) is 0 Å². The normalized spacial score (nSPS) is 9.58. The van der Waals surface area contributed by atoms with Crippen molar-refractivity contribution >= 4 is 5.97 Å². The van der Waals surface area contributed by atoms with Crippen LogP contribution in [-0.4, -0.2) is 5.97 Å². The number of rotatable bonds is 1. The first-order chi connectivity index (χ1) is 5.61. The van der Waals surface area contributed by atoms with Crippen LogP contribution < -0.4 is 4.74 Å². The maximum absolute atomic E-state index is 10.6. The predicted molar refractivity (Wildman–Crippen MR) is 46.1 cm³/mol. The van der Waals surface area contributed by atoms with Gasteiger partial charge in [-0.15, -0.1) is 0 Å². The van der Waals surface area contributed by atoms with Gasteiger partial charge in [0.1, 0.15) is 5.75 Å². The molecule has 2 nitrogen and oxygen atoms in total. The number of aryl methyl sites for hydroxylation is 1. The Morgan fingerprint density at radius 1 is 1.50 bits per heavy atom. The van der Waals surface area contributed by atoms with Gasteiger partial charge in [0, 0.05) is 13.0 Å². The monoisotopic (exact) mass is 163 g/mol. The Hall–Kier alpha value is -1.31. The number of hydrogen-bond acceptors (Lipinski definition) is 2. The third-order valence-electron chi connectivity index (χ3n) is 1.73. The Morgan fingerprint density at radius 3 is 2.75 bits per heavy atom. The summed E-state index contributed by atoms with van der Waals surface area (Å²) in [5, 5.41) is 0. The number of carbonyl (C=O) groups excluding carboxylic acids is 1. The van der Waals surface area contributed by atoms with E-state index in [2.05, 4.69) is 6.07 Å². The molecule has 1 radical (unpaired) electrons. The molecule has 0 aromatic heterocycles. The minimum Gasteiger partial charge on any atom is -0.426 e. The first-order valence-corrected chi connectivity index (χ1v) is 3.77. The highest BCUT2D eigenvalue weighted by molar-refractivity contribution is 5.69. The Balaban J connectivity index is 3.00. The van der Waals surface area contributed by atoms with E-state index in [1.807, 2.05) is 19.9 Å². The molecule has 0 atom stereocenters. The fourth-order valence-electron chi connectivity index (χ4n) is 0.904. The van der Waals surface area contributed by atoms with Gasteiger partial charge in [-0.05, 0) is 25.0 Å². The van der Waals surface area contributed by atoms with Crippen molar-refractivity contribution in [1.82, 2.24) is 0 Å². The molecule has 1 aromatic carbocycles. The molecule has 1 rings (SSSR count). The molecule has 0 aliphatic carbocycles. The van der Waals surface area contributed by atoms with E-state index in [1.165, 1.54) is 6.92 Å². The topological polar surface area (TPSA) is 26.3 Å². The average molecular weight is 163 g/mol. The molecule has 0 aliphatic rings. The van der Waals surface area contributed by atoms with Crippen molar-refractivity contribution in [3.05, 3.63) is 29.3 Å². The fraction of sp³-hybridized carbons (Fsp3) is 0.300. The van der Waals surface area contributed by atoms with Crippen LogP contribution in [0, 0.1) is 19.9 Å². The van der Waals surface area contributed by atoms with Gasteiger partial charge in [0.2, 0.25) is 0 Å². The number of benzene rings is 1. The second-order valence-electron chi connectivity index (χ2n) is 2.71. The average Bonchev–Trinajstić information content (AvgIpc) is 1.98. The summed E-state index contributed by atoms with van der Waals surface area (Å²) in [6, 6.07) is 6.55. The maximum Gasteiger partial charge on any atom is 0.308 e. The number of hydrogen-bond donors (Lipinski definition) is 0. The highest BCUT2D eigenvalue weighted by atomic mass is 16.5. The van der Waals surface area contributed by atoms with Gasteiger partial charge < -0.3 is 4.74 Å². The van der Waals surface area contributed by atoms with E-state index in [4.69, 9.17) is 4.74 Å². The van der Waals surface area contributed by atoms with Crippen LogP contribution >= 0.6 is 0 Å². The van der Waals surface area contributed by atoms with Gasteiger partial charge in [-0.25, -0.2) is 0 Å². The van der Waals surface area contributed by atoms with Gasteiger partial charge in [-0.2, -0.15) is 0 Å². The molecular weight excluding hydrogens is 152 g/mol. The molecular formula is C10H11O2. The molecule has 0 saturated heterocycles. The van der Waals surface area contributed by atoms with E-state index < -0.39 is 0 Å². The molecule has 0 bridgehead atoms. The minimum atomic E-state index is -0.306. The van der Waals surface area contributed by atoms with Crippen molar-refractivity contribution < 1.29 is 9.53 Å². The fourth-order valence-corrected chi connectivity index (χ4v) is 0.904. The smallest absolute Gasteiger partial charge is 0.308 e. The highest BCUT2D eigenvalue weighted by Gasteiger charge is 2.03. The molecule has 0 aliphatic heterocycles. The summed E-state index contributed by atoms with van der Waals surface area (Å²) in [4.78, 5) is 10.6. The predicted octanol–water partition coefficient (Wildman–Crippen LogP) is 2.03. The van der Waals surface area contributed by atoms with E-state index in [1.54, 1.807) is 6.07 Å². The molecule has 1 aromatic rings. The summed E-state index contributed by atoms with van der Waals surface area (Å²) in [6.45, 7) is 5.26. The van der Waals surface area contributed by atoms with Gasteiger partial charge in [0.05, 0.1) is 0 Å². The molecule has 0 unspecified atom stereocenters. The lowest BCUT2D eigenvalue weighted by Gasteiger charge is -2.05. The van der Waals surface area contributed by atoms with Crippen LogP contribution in [0.2, 0.25) is 0 Å². The zero-order chi connectivity index (χ0) is 9.14. The van der Waals surface area contributed by atoms with Gasteiger partial charge in [0.25, 0.3) is 0 Å². The summed E-state index contributed by atoms with van der Waals surface area (Å²) in [5.41, 5.74) is 2.07. The summed E-state index contributed by atoms with van der Waals surface area (Å²) in [5.74, 6) is 0.224. The van der Waals surface area contributed by atoms with Crippen LogP contribution in [-0.2, 0) is 4.79 Å². The van der Waals surface area contributed by atoms with Crippen LogP contribution in [0.1, 0.15) is 18.1 Å². The van der Waals surface area contributed by atoms with E-state index in [0.29, 0.717) is 5.75 Å². The lowest BCUT2D eigenvalue weighted by molar-refractivity contribution is -0.131. The summed E-state index contributed by atoms with van der Waals surface area (Å²) in [6.07, 6.45) is 0. The van der Waals surface area contributed by atoms with Crippen LogP contribution in [0.25, 0.3) is 0 Å². The molecule has 63 valence electrons. The first kappa shape index (κ1) is 8.78. The molecule has 0 amide bonds. The van der Waals surface area contributed by atoms with E-state index in [9.17, 15) is 4.79 Å². The second-order valence-corrected chi connectivity index (χ2v) is 2.71. The molecule has 0 saturated carbocycles. The van der Waals surface area contributed by atoms with Gasteiger partial charge in [0.15, 0.2) is 0 Å². The standard InChI is InChI=1S/C10H11O2/c1-7-5-4-6-10(8(7)2)12-9(3)11/h4-5H,1-3H3. The van der Waals surface area contributed by atoms with Gasteiger partial charge in [-0.3, -0.25) is 4.79 Å². The molecule has 0 spiro atoms. The Labute approximate surface area is 72.2 Å². The zero-order valence-corrected chi connectivity index (χ0v) is 7.47. The lowest BCUT2D eigenvalue weighted by atomic mass is 10.1. The number of ether oxygens (including phenoxy) is 1. The zero-order valence-electron chi connectivity index (χ0n) is 7.47. The largest absolute Gasteiger partial charge is 0.426 e. The maximum atomic E-state index is 10.6. The summed E-state index contributed by atoms with van der Waals surface area (Å²) in [7, 11) is 0. The van der Waals surface area contributed by atoms with Crippen LogP contribution in [0.15, 0.2) is 12.1 Å². The van der Waals surface area contributed by atoms with Crippen molar-refractivity contribution in [3.8, 4) is 5.75 Å². The quantitative estimate of drug-likeness (QED) is 0.467. The Morgan fingerprint density at radius 2 is 2.17 bits per heavy atom. The molecule has 0 N–H and O–H groups in total. The van der Waals surface area contributed by atoms with Crippen molar-refractivity contribution in [2.24, 2.45) is 0 Å². The summed E-state index contributed by atoms with van der Waals surface area (Å²) < 4.78 is 4.93. The van der Waals surface area contributed by atoms with Crippen molar-refractivity contribution in [1.29, 1.82) is 0 Å². The first-order valence-electron chi connectivity index (χ1n) is 3.77. The molecule has 2 heteroatoms. The van der Waals surface area contributed by atoms with Gasteiger partial charge in [-0.1, -0.05) is 12.1 Å². The van der Waals surface area contributed by atoms with Crippen LogP contribution in [0.3, 0.4) is 0 Å². The third kappa shape index (κ3) is 1.84. The van der Waals surface area contributed by atoms with Gasteiger partial charge >= 0.3 is 5.97 Å². The molecule has 0 fully saturated rings. The molecule has 12 heavy (non-hydrogen) atoms. The van der Waals surface area contributed by atoms with Crippen LogP contribution in [0.4, 0.5) is 0 Å². The van der Waals surface area contributed by atoms with E-state index >= 15 is 0 Å². The van der Waals surface area contributed by atoms with Crippen molar-refractivity contribution in [2.45, 2.75) is 20.8 Å². The lowest BCUT2D eigenvalue weighted by Crippen LogP contribution is -2.03. The number of carbonyl (C=O) groups is 1. The highest BCUT2D eigenvalue weighted by Crippen LogP contribution is 2.19. The van der Waals surface area contributed by atoms with Crippen molar-refractivity contribution in [3.63, 3.8) is 0 Å². The molecule has 0 heterocycles. The Bertz CT molecular complexity index is 303. The SMILES string of the molecule is CC(=O)Oc1[c]ccc(C)c1C. The summed E-state index contributed by atoms with van der Waals surface area (Å²) >= 11 is 0. The Kier molecular flexibility index (Phi) is 2.48.